The second-order valence-electron chi connectivity index (χ2n) is 13.4. The molecule has 2 aromatic rings. The Hall–Kier alpha value is -3.09. The number of hydrogen-bond acceptors (Lipinski definition) is 3. The van der Waals surface area contributed by atoms with Crippen LogP contribution < -0.4 is 4.74 Å². The number of rotatable bonds is 3. The Morgan fingerprint density at radius 2 is 1.67 bits per heavy atom. The van der Waals surface area contributed by atoms with Crippen molar-refractivity contribution in [3.8, 4) is 23.3 Å². The molecule has 2 aromatic carbocycles. The van der Waals surface area contributed by atoms with Crippen molar-refractivity contribution in [2.45, 2.75) is 84.2 Å². The van der Waals surface area contributed by atoms with Gasteiger partial charge in [0.1, 0.15) is 17.1 Å². The second-order valence-corrected chi connectivity index (χ2v) is 13.4. The molecule has 202 valence electrons. The Balaban J connectivity index is 1.42. The van der Waals surface area contributed by atoms with E-state index in [1.54, 1.807) is 0 Å². The van der Waals surface area contributed by atoms with Crippen LogP contribution in [0.4, 0.5) is 0 Å². The molecule has 2 saturated carbocycles. The summed E-state index contributed by atoms with van der Waals surface area (Å²) in [6.45, 7) is 8.65. The van der Waals surface area contributed by atoms with Gasteiger partial charge in [-0.25, -0.2) is 0 Å². The highest BCUT2D eigenvalue weighted by Gasteiger charge is 2.62. The van der Waals surface area contributed by atoms with Crippen LogP contribution in [0.3, 0.4) is 0 Å². The summed E-state index contributed by atoms with van der Waals surface area (Å²) in [6, 6.07) is 18.4. The lowest BCUT2D eigenvalue weighted by Gasteiger charge is -2.53. The molecule has 4 aliphatic rings. The molecular weight excluding hydrogens is 480 g/mol. The van der Waals surface area contributed by atoms with Gasteiger partial charge in [-0.2, -0.15) is 0 Å². The van der Waals surface area contributed by atoms with Crippen LogP contribution in [-0.4, -0.2) is 16.5 Å². The first-order valence-electron chi connectivity index (χ1n) is 14.6. The first-order valence-corrected chi connectivity index (χ1v) is 14.6. The zero-order chi connectivity index (χ0) is 27.4. The maximum absolute atomic E-state index is 12.3. The van der Waals surface area contributed by atoms with E-state index in [1.807, 2.05) is 36.4 Å². The van der Waals surface area contributed by atoms with Gasteiger partial charge in [-0.05, 0) is 118 Å². The lowest BCUT2D eigenvalue weighted by molar-refractivity contribution is -0.114. The van der Waals surface area contributed by atoms with E-state index in [2.05, 4.69) is 63.8 Å². The number of ether oxygens (including phenoxy) is 1. The SMILES string of the molecule is CC(C)(C)C#C[C@]1(O)CC[C@H]2[C@@H]3CCC4=CC(=O)CCC4=C3[C@@H](c3ccc(Oc4ccccc4)cc3)C[C@@]21C. The fourth-order valence-electron chi connectivity index (χ4n) is 7.85. The van der Waals surface area contributed by atoms with Gasteiger partial charge in [0.25, 0.3) is 0 Å². The zero-order valence-corrected chi connectivity index (χ0v) is 23.7. The molecule has 0 unspecified atom stereocenters. The molecule has 3 heteroatoms. The van der Waals surface area contributed by atoms with Gasteiger partial charge in [-0.1, -0.05) is 54.7 Å². The van der Waals surface area contributed by atoms with Crippen molar-refractivity contribution < 1.29 is 14.6 Å². The molecule has 0 saturated heterocycles. The molecule has 2 fully saturated rings. The minimum atomic E-state index is -0.992. The highest BCUT2D eigenvalue weighted by atomic mass is 16.5. The Kier molecular flexibility index (Phi) is 6.39. The normalized spacial score (nSPS) is 31.9. The Morgan fingerprint density at radius 3 is 2.38 bits per heavy atom. The molecule has 0 radical (unpaired) electrons. The predicted molar refractivity (Wildman–Crippen MR) is 155 cm³/mol. The number of carbonyl (C=O) groups excluding carboxylic acids is 1. The quantitative estimate of drug-likeness (QED) is 0.415. The van der Waals surface area contributed by atoms with Crippen LogP contribution in [0.25, 0.3) is 0 Å². The van der Waals surface area contributed by atoms with Crippen LogP contribution >= 0.6 is 0 Å². The third-order valence-corrected chi connectivity index (χ3v) is 9.79. The van der Waals surface area contributed by atoms with Crippen molar-refractivity contribution in [1.29, 1.82) is 0 Å². The summed E-state index contributed by atoms with van der Waals surface area (Å²) in [4.78, 5) is 12.3. The van der Waals surface area contributed by atoms with Gasteiger partial charge in [0.15, 0.2) is 5.78 Å². The highest BCUT2D eigenvalue weighted by molar-refractivity contribution is 5.93. The molecule has 6 rings (SSSR count). The summed E-state index contributed by atoms with van der Waals surface area (Å²) < 4.78 is 6.09. The first-order chi connectivity index (χ1) is 18.6. The number of aliphatic hydroxyl groups is 1. The zero-order valence-electron chi connectivity index (χ0n) is 23.7. The molecule has 1 N–H and O–H groups in total. The van der Waals surface area contributed by atoms with E-state index in [9.17, 15) is 9.90 Å². The fourth-order valence-corrected chi connectivity index (χ4v) is 7.85. The first kappa shape index (κ1) is 26.1. The minimum absolute atomic E-state index is 0.154. The van der Waals surface area contributed by atoms with E-state index in [1.165, 1.54) is 22.3 Å². The van der Waals surface area contributed by atoms with Crippen LogP contribution in [0, 0.1) is 34.5 Å². The smallest absolute Gasteiger partial charge is 0.156 e. The molecule has 0 aliphatic heterocycles. The van der Waals surface area contributed by atoms with Crippen LogP contribution in [-0.2, 0) is 4.79 Å². The van der Waals surface area contributed by atoms with Gasteiger partial charge in [-0.15, -0.1) is 0 Å². The number of fused-ring (bicyclic) bond motifs is 4. The summed E-state index contributed by atoms with van der Waals surface area (Å²) in [5, 5.41) is 12.2. The second kappa shape index (κ2) is 9.53. The third-order valence-electron chi connectivity index (χ3n) is 9.79. The number of hydrogen-bond donors (Lipinski definition) is 1. The molecule has 0 aromatic heterocycles. The summed E-state index contributed by atoms with van der Waals surface area (Å²) in [7, 11) is 0. The van der Waals surface area contributed by atoms with Crippen molar-refractivity contribution in [3.05, 3.63) is 83.0 Å². The Bertz CT molecular complexity index is 1400. The van der Waals surface area contributed by atoms with Gasteiger partial charge >= 0.3 is 0 Å². The van der Waals surface area contributed by atoms with Gasteiger partial charge < -0.3 is 9.84 Å². The van der Waals surface area contributed by atoms with E-state index in [0.717, 1.165) is 50.0 Å². The van der Waals surface area contributed by atoms with E-state index in [0.29, 0.717) is 18.3 Å². The van der Waals surface area contributed by atoms with Crippen LogP contribution in [0.5, 0.6) is 11.5 Å². The molecular formula is C36H40O3. The van der Waals surface area contributed by atoms with Crippen LogP contribution in [0.1, 0.15) is 84.1 Å². The molecule has 0 spiro atoms. The molecule has 0 heterocycles. The third kappa shape index (κ3) is 4.68. The maximum Gasteiger partial charge on any atom is 0.156 e. The van der Waals surface area contributed by atoms with E-state index in [4.69, 9.17) is 4.74 Å². The molecule has 4 aliphatic carbocycles. The molecule has 3 nitrogen and oxygen atoms in total. The van der Waals surface area contributed by atoms with Gasteiger partial charge in [0.05, 0.1) is 0 Å². The summed E-state index contributed by atoms with van der Waals surface area (Å²) in [5.41, 5.74) is 4.05. The highest BCUT2D eigenvalue weighted by Crippen LogP contribution is 2.66. The van der Waals surface area contributed by atoms with Crippen molar-refractivity contribution in [3.63, 3.8) is 0 Å². The van der Waals surface area contributed by atoms with Crippen molar-refractivity contribution >= 4 is 5.78 Å². The van der Waals surface area contributed by atoms with E-state index < -0.39 is 5.60 Å². The predicted octanol–water partition coefficient (Wildman–Crippen LogP) is 8.16. The van der Waals surface area contributed by atoms with E-state index in [-0.39, 0.29) is 22.5 Å². The Morgan fingerprint density at radius 1 is 0.949 bits per heavy atom. The minimum Gasteiger partial charge on any atom is -0.457 e. The number of ketones is 1. The molecule has 39 heavy (non-hydrogen) atoms. The lowest BCUT2D eigenvalue weighted by Crippen LogP contribution is -2.51. The maximum atomic E-state index is 12.3. The average molecular weight is 521 g/mol. The monoisotopic (exact) mass is 520 g/mol. The van der Waals surface area contributed by atoms with Crippen LogP contribution in [0.15, 0.2) is 77.4 Å². The van der Waals surface area contributed by atoms with Gasteiger partial charge in [0, 0.05) is 23.2 Å². The standard InChI is InChI=1S/C36H40O3/c1-34(2,3)20-21-36(38)19-18-32-30-16-12-25-22-26(37)13-17-29(25)33(30)31(23-35(32,36)4)24-10-14-28(15-11-24)39-27-8-6-5-7-9-27/h5-11,14-15,22,30-32,38H,12-13,16-19,23H2,1-4H3/t30-,31+,32-,35-,36+/m0/s1. The molecule has 5 atom stereocenters. The largest absolute Gasteiger partial charge is 0.457 e. The van der Waals surface area contributed by atoms with Crippen molar-refractivity contribution in [1.82, 2.24) is 0 Å². The average Bonchev–Trinajstić information content (AvgIpc) is 3.18. The number of para-hydroxylation sites is 1. The lowest BCUT2D eigenvalue weighted by atomic mass is 9.51. The summed E-state index contributed by atoms with van der Waals surface area (Å²) >= 11 is 0. The number of carbonyl (C=O) groups is 1. The molecule has 0 bridgehead atoms. The van der Waals surface area contributed by atoms with Gasteiger partial charge in [-0.3, -0.25) is 4.79 Å². The topological polar surface area (TPSA) is 46.5 Å². The van der Waals surface area contributed by atoms with Crippen molar-refractivity contribution in [2.24, 2.45) is 22.7 Å². The van der Waals surface area contributed by atoms with Gasteiger partial charge in [0.2, 0.25) is 0 Å². The van der Waals surface area contributed by atoms with Crippen LogP contribution in [0.2, 0.25) is 0 Å². The Labute approximate surface area is 233 Å². The number of allylic oxidation sites excluding steroid dienone is 4. The number of benzene rings is 2. The fraction of sp³-hybridized carbons (Fsp3) is 0.472. The summed E-state index contributed by atoms with van der Waals surface area (Å²) in [6.07, 6.45) is 7.98. The summed E-state index contributed by atoms with van der Waals surface area (Å²) in [5.74, 6) is 9.72. The van der Waals surface area contributed by atoms with Crippen molar-refractivity contribution in [2.75, 3.05) is 0 Å². The molecule has 0 amide bonds. The van der Waals surface area contributed by atoms with E-state index >= 15 is 0 Å².